The monoisotopic (exact) mass is 163 g/mol. The molecule has 0 bridgehead atoms. The first kappa shape index (κ1) is 7.68. The van der Waals surface area contributed by atoms with Crippen LogP contribution in [0.25, 0.3) is 0 Å². The average Bonchev–Trinajstić information content (AvgIpc) is 2.49. The van der Waals surface area contributed by atoms with Gasteiger partial charge in [-0.15, -0.1) is 0 Å². The molecule has 0 aliphatic heterocycles. The predicted octanol–water partition coefficient (Wildman–Crippen LogP) is 0.985. The minimum atomic E-state index is 0.0415. The average molecular weight is 163 g/mol. The van der Waals surface area contributed by atoms with Crippen molar-refractivity contribution in [2.45, 2.75) is 32.2 Å². The predicted molar refractivity (Wildman–Crippen MR) is 46.7 cm³/mol. The van der Waals surface area contributed by atoms with E-state index >= 15 is 0 Å². The smallest absolute Gasteiger partial charge is 0.116 e. The molecule has 64 valence electrons. The Bertz CT molecular complexity index is 294. The lowest BCUT2D eigenvalue weighted by molar-refractivity contribution is 0.756. The highest BCUT2D eigenvalue weighted by Gasteiger charge is 2.18. The van der Waals surface area contributed by atoms with Crippen LogP contribution in [0.3, 0.4) is 0 Å². The molecule has 0 amide bonds. The normalized spacial score (nSPS) is 17.5. The van der Waals surface area contributed by atoms with Crippen molar-refractivity contribution in [2.75, 3.05) is 0 Å². The number of fused-ring (bicyclic) bond motifs is 1. The Labute approximate surface area is 72.0 Å². The number of hydrogen-bond acceptors (Lipinski definition) is 3. The van der Waals surface area contributed by atoms with Crippen molar-refractivity contribution in [3.8, 4) is 0 Å². The van der Waals surface area contributed by atoms with E-state index in [4.69, 9.17) is 5.73 Å². The third kappa shape index (κ3) is 1.10. The second-order valence-corrected chi connectivity index (χ2v) is 3.33. The third-order valence-corrected chi connectivity index (χ3v) is 2.34. The summed E-state index contributed by atoms with van der Waals surface area (Å²) in [5.41, 5.74) is 9.34. The Hall–Kier alpha value is -0.960. The minimum absolute atomic E-state index is 0.0415. The van der Waals surface area contributed by atoms with Gasteiger partial charge in [0.05, 0.1) is 5.69 Å². The van der Waals surface area contributed by atoms with Gasteiger partial charge in [-0.05, 0) is 31.7 Å². The molecule has 2 N–H and O–H groups in total. The molecular weight excluding hydrogens is 150 g/mol. The van der Waals surface area contributed by atoms with Crippen molar-refractivity contribution in [3.05, 3.63) is 23.3 Å². The molecule has 0 saturated carbocycles. The van der Waals surface area contributed by atoms with Gasteiger partial charge in [-0.3, -0.25) is 0 Å². The Morgan fingerprint density at radius 1 is 1.42 bits per heavy atom. The number of nitrogens with two attached hydrogens (primary N) is 1. The zero-order valence-electron chi connectivity index (χ0n) is 7.25. The summed E-state index contributed by atoms with van der Waals surface area (Å²) in [4.78, 5) is 8.45. The van der Waals surface area contributed by atoms with Gasteiger partial charge in [0, 0.05) is 11.7 Å². The van der Waals surface area contributed by atoms with Gasteiger partial charge in [-0.25, -0.2) is 9.97 Å². The molecule has 1 aliphatic rings. The lowest BCUT2D eigenvalue weighted by atomic mass is 10.1. The van der Waals surface area contributed by atoms with Crippen molar-refractivity contribution >= 4 is 0 Å². The molecular formula is C9H13N3. The number of aryl methyl sites for hydroxylation is 1. The van der Waals surface area contributed by atoms with E-state index in [-0.39, 0.29) is 6.04 Å². The van der Waals surface area contributed by atoms with Crippen molar-refractivity contribution in [1.29, 1.82) is 0 Å². The second kappa shape index (κ2) is 2.83. The van der Waals surface area contributed by atoms with E-state index in [9.17, 15) is 0 Å². The van der Waals surface area contributed by atoms with Crippen LogP contribution in [-0.2, 0) is 12.8 Å². The van der Waals surface area contributed by atoms with E-state index < -0.39 is 0 Å². The Morgan fingerprint density at radius 3 is 3.00 bits per heavy atom. The highest BCUT2D eigenvalue weighted by atomic mass is 14.9. The quantitative estimate of drug-likeness (QED) is 0.671. The van der Waals surface area contributed by atoms with E-state index in [0.717, 1.165) is 18.5 Å². The lowest BCUT2D eigenvalue weighted by Crippen LogP contribution is -2.11. The van der Waals surface area contributed by atoms with Crippen LogP contribution < -0.4 is 5.73 Å². The molecule has 3 heteroatoms. The maximum Gasteiger partial charge on any atom is 0.116 e. The van der Waals surface area contributed by atoms with Gasteiger partial charge in [0.25, 0.3) is 0 Å². The summed E-state index contributed by atoms with van der Waals surface area (Å²) in [6.07, 6.45) is 5.03. The van der Waals surface area contributed by atoms with Crippen LogP contribution in [0.2, 0.25) is 0 Å². The Kier molecular flexibility index (Phi) is 1.81. The molecule has 1 heterocycles. The van der Waals surface area contributed by atoms with Crippen molar-refractivity contribution < 1.29 is 0 Å². The first-order valence-corrected chi connectivity index (χ1v) is 4.37. The minimum Gasteiger partial charge on any atom is -0.323 e. The zero-order chi connectivity index (χ0) is 8.55. The van der Waals surface area contributed by atoms with Crippen LogP contribution in [0.1, 0.15) is 36.3 Å². The molecule has 2 rings (SSSR count). The summed E-state index contributed by atoms with van der Waals surface area (Å²) in [6.45, 7) is 1.97. The summed E-state index contributed by atoms with van der Waals surface area (Å²) < 4.78 is 0. The molecule has 0 spiro atoms. The molecule has 1 atom stereocenters. The van der Waals surface area contributed by atoms with E-state index in [0.29, 0.717) is 0 Å². The molecule has 1 aromatic rings. The van der Waals surface area contributed by atoms with Crippen LogP contribution in [0.4, 0.5) is 0 Å². The Morgan fingerprint density at radius 2 is 2.25 bits per heavy atom. The molecule has 0 saturated heterocycles. The van der Waals surface area contributed by atoms with Gasteiger partial charge in [0.2, 0.25) is 0 Å². The second-order valence-electron chi connectivity index (χ2n) is 3.33. The van der Waals surface area contributed by atoms with E-state index in [2.05, 4.69) is 9.97 Å². The summed E-state index contributed by atoms with van der Waals surface area (Å²) >= 11 is 0. The molecule has 1 aromatic heterocycles. The molecule has 3 nitrogen and oxygen atoms in total. The highest BCUT2D eigenvalue weighted by Crippen LogP contribution is 2.24. The van der Waals surface area contributed by atoms with Crippen molar-refractivity contribution in [3.63, 3.8) is 0 Å². The number of nitrogens with zero attached hydrogens (tertiary/aromatic N) is 2. The van der Waals surface area contributed by atoms with E-state index in [1.165, 1.54) is 17.7 Å². The molecule has 1 unspecified atom stereocenters. The first-order valence-electron chi connectivity index (χ1n) is 4.37. The van der Waals surface area contributed by atoms with E-state index in [1.54, 1.807) is 6.33 Å². The number of hydrogen-bond donors (Lipinski definition) is 1. The van der Waals surface area contributed by atoms with Gasteiger partial charge >= 0.3 is 0 Å². The zero-order valence-corrected chi connectivity index (χ0v) is 7.25. The molecule has 0 radical (unpaired) electrons. The largest absolute Gasteiger partial charge is 0.323 e. The Balaban J connectivity index is 2.49. The molecule has 0 aromatic carbocycles. The van der Waals surface area contributed by atoms with Crippen LogP contribution in [0, 0.1) is 0 Å². The summed E-state index contributed by atoms with van der Waals surface area (Å²) in [7, 11) is 0. The van der Waals surface area contributed by atoms with Gasteiger partial charge < -0.3 is 5.73 Å². The maximum atomic E-state index is 5.80. The standard InChI is InChI=1S/C9H13N3/c1-6(10)9-7-3-2-4-8(7)11-5-12-9/h5-6H,2-4,10H2,1H3. The molecule has 0 fully saturated rings. The molecule has 12 heavy (non-hydrogen) atoms. The van der Waals surface area contributed by atoms with Gasteiger partial charge in [0.15, 0.2) is 0 Å². The first-order chi connectivity index (χ1) is 5.79. The topological polar surface area (TPSA) is 51.8 Å². The fraction of sp³-hybridized carbons (Fsp3) is 0.556. The fourth-order valence-corrected chi connectivity index (χ4v) is 1.78. The van der Waals surface area contributed by atoms with E-state index in [1.807, 2.05) is 6.92 Å². The van der Waals surface area contributed by atoms with Gasteiger partial charge in [-0.2, -0.15) is 0 Å². The van der Waals surface area contributed by atoms with Crippen LogP contribution in [-0.4, -0.2) is 9.97 Å². The van der Waals surface area contributed by atoms with Crippen molar-refractivity contribution in [2.24, 2.45) is 5.73 Å². The SMILES string of the molecule is CC(N)c1ncnc2c1CCC2. The van der Waals surface area contributed by atoms with Crippen LogP contribution in [0.5, 0.6) is 0 Å². The van der Waals surface area contributed by atoms with Crippen LogP contribution >= 0.6 is 0 Å². The fourth-order valence-electron chi connectivity index (χ4n) is 1.78. The van der Waals surface area contributed by atoms with Crippen LogP contribution in [0.15, 0.2) is 6.33 Å². The number of rotatable bonds is 1. The highest BCUT2D eigenvalue weighted by molar-refractivity contribution is 5.30. The third-order valence-electron chi connectivity index (χ3n) is 2.34. The number of aromatic nitrogens is 2. The summed E-state index contributed by atoms with van der Waals surface area (Å²) in [5.74, 6) is 0. The van der Waals surface area contributed by atoms with Gasteiger partial charge in [-0.1, -0.05) is 0 Å². The molecule has 1 aliphatic carbocycles. The van der Waals surface area contributed by atoms with Gasteiger partial charge in [0.1, 0.15) is 6.33 Å². The lowest BCUT2D eigenvalue weighted by Gasteiger charge is -2.08. The van der Waals surface area contributed by atoms with Crippen molar-refractivity contribution in [1.82, 2.24) is 9.97 Å². The maximum absolute atomic E-state index is 5.80. The summed E-state index contributed by atoms with van der Waals surface area (Å²) in [6, 6.07) is 0.0415. The summed E-state index contributed by atoms with van der Waals surface area (Å²) in [5, 5.41) is 0.